The third kappa shape index (κ3) is 3.32. The molecule has 4 rings (SSSR count). The SMILES string of the molecule is Clc1ccc(-c2nnc(C(c3ccccc3)c3ccccc3)o2)cc1. The van der Waals surface area contributed by atoms with E-state index < -0.39 is 0 Å². The molecular weight excluding hydrogens is 332 g/mol. The molecule has 0 radical (unpaired) electrons. The zero-order valence-electron chi connectivity index (χ0n) is 13.3. The van der Waals surface area contributed by atoms with Crippen LogP contribution in [0.1, 0.15) is 22.9 Å². The monoisotopic (exact) mass is 346 g/mol. The molecule has 1 heterocycles. The third-order valence-electron chi connectivity index (χ3n) is 4.04. The highest BCUT2D eigenvalue weighted by Crippen LogP contribution is 2.32. The van der Waals surface area contributed by atoms with Crippen LogP contribution >= 0.6 is 11.6 Å². The molecular formula is C21H15ClN2O. The van der Waals surface area contributed by atoms with Gasteiger partial charge < -0.3 is 4.42 Å². The fourth-order valence-electron chi connectivity index (χ4n) is 2.83. The molecule has 3 nitrogen and oxygen atoms in total. The van der Waals surface area contributed by atoms with Crippen molar-refractivity contribution in [3.05, 3.63) is 107 Å². The molecule has 4 aromatic rings. The van der Waals surface area contributed by atoms with Crippen molar-refractivity contribution in [2.45, 2.75) is 5.92 Å². The molecule has 122 valence electrons. The van der Waals surface area contributed by atoms with Crippen LogP contribution in [-0.2, 0) is 0 Å². The second kappa shape index (κ2) is 6.91. The molecule has 0 fully saturated rings. The average molecular weight is 347 g/mol. The van der Waals surface area contributed by atoms with Crippen LogP contribution in [-0.4, -0.2) is 10.2 Å². The van der Waals surface area contributed by atoms with Crippen molar-refractivity contribution in [2.24, 2.45) is 0 Å². The largest absolute Gasteiger partial charge is 0.420 e. The van der Waals surface area contributed by atoms with Crippen LogP contribution in [0.25, 0.3) is 11.5 Å². The minimum absolute atomic E-state index is 0.101. The Balaban J connectivity index is 1.77. The van der Waals surface area contributed by atoms with E-state index in [-0.39, 0.29) is 5.92 Å². The molecule has 0 unspecified atom stereocenters. The van der Waals surface area contributed by atoms with Crippen LogP contribution in [0.4, 0.5) is 0 Å². The van der Waals surface area contributed by atoms with Crippen molar-refractivity contribution < 1.29 is 4.42 Å². The first-order chi connectivity index (χ1) is 12.3. The van der Waals surface area contributed by atoms with Crippen LogP contribution in [0.2, 0.25) is 5.02 Å². The number of nitrogens with zero attached hydrogens (tertiary/aromatic N) is 2. The van der Waals surface area contributed by atoms with Gasteiger partial charge in [-0.2, -0.15) is 0 Å². The van der Waals surface area contributed by atoms with E-state index in [9.17, 15) is 0 Å². The lowest BCUT2D eigenvalue weighted by Gasteiger charge is -2.13. The minimum atomic E-state index is -0.101. The van der Waals surface area contributed by atoms with E-state index in [1.165, 1.54) is 0 Å². The van der Waals surface area contributed by atoms with Gasteiger partial charge in [0, 0.05) is 10.6 Å². The number of rotatable bonds is 4. The topological polar surface area (TPSA) is 38.9 Å². The number of hydrogen-bond acceptors (Lipinski definition) is 3. The molecule has 3 aromatic carbocycles. The summed E-state index contributed by atoms with van der Waals surface area (Å²) in [4.78, 5) is 0. The Morgan fingerprint density at radius 1 is 0.680 bits per heavy atom. The smallest absolute Gasteiger partial charge is 0.247 e. The Bertz CT molecular complexity index is 911. The summed E-state index contributed by atoms with van der Waals surface area (Å²) in [5.41, 5.74) is 3.07. The summed E-state index contributed by atoms with van der Waals surface area (Å²) in [5.74, 6) is 0.960. The van der Waals surface area contributed by atoms with Gasteiger partial charge in [0.15, 0.2) is 0 Å². The number of aromatic nitrogens is 2. The normalized spacial score (nSPS) is 11.0. The predicted octanol–water partition coefficient (Wildman–Crippen LogP) is 5.57. The van der Waals surface area contributed by atoms with E-state index in [0.29, 0.717) is 16.8 Å². The molecule has 0 bridgehead atoms. The van der Waals surface area contributed by atoms with Gasteiger partial charge in [0.1, 0.15) is 0 Å². The Morgan fingerprint density at radius 2 is 1.24 bits per heavy atom. The average Bonchev–Trinajstić information content (AvgIpc) is 3.14. The highest BCUT2D eigenvalue weighted by Gasteiger charge is 2.23. The highest BCUT2D eigenvalue weighted by atomic mass is 35.5. The number of hydrogen-bond donors (Lipinski definition) is 0. The van der Waals surface area contributed by atoms with Crippen LogP contribution in [0, 0.1) is 0 Å². The molecule has 0 atom stereocenters. The first kappa shape index (κ1) is 15.6. The van der Waals surface area contributed by atoms with Gasteiger partial charge in [-0.25, -0.2) is 0 Å². The Kier molecular flexibility index (Phi) is 4.32. The van der Waals surface area contributed by atoms with E-state index in [4.69, 9.17) is 16.0 Å². The van der Waals surface area contributed by atoms with Crippen molar-refractivity contribution in [3.8, 4) is 11.5 Å². The first-order valence-electron chi connectivity index (χ1n) is 8.00. The summed E-state index contributed by atoms with van der Waals surface area (Å²) in [6.45, 7) is 0. The van der Waals surface area contributed by atoms with Crippen molar-refractivity contribution in [2.75, 3.05) is 0 Å². The molecule has 0 N–H and O–H groups in total. The summed E-state index contributed by atoms with van der Waals surface area (Å²) in [6, 6.07) is 27.7. The summed E-state index contributed by atoms with van der Waals surface area (Å²) >= 11 is 5.95. The molecule has 0 saturated heterocycles. The molecule has 0 aliphatic rings. The molecule has 25 heavy (non-hydrogen) atoms. The molecule has 0 aliphatic heterocycles. The summed E-state index contributed by atoms with van der Waals surface area (Å²) < 4.78 is 6.02. The molecule has 0 amide bonds. The molecule has 1 aromatic heterocycles. The van der Waals surface area contributed by atoms with Crippen LogP contribution < -0.4 is 0 Å². The lowest BCUT2D eigenvalue weighted by molar-refractivity contribution is 0.499. The van der Waals surface area contributed by atoms with E-state index in [1.807, 2.05) is 60.7 Å². The van der Waals surface area contributed by atoms with Gasteiger partial charge in [0.2, 0.25) is 11.8 Å². The van der Waals surface area contributed by atoms with Gasteiger partial charge in [-0.15, -0.1) is 10.2 Å². The van der Waals surface area contributed by atoms with Crippen LogP contribution in [0.15, 0.2) is 89.3 Å². The van der Waals surface area contributed by atoms with E-state index in [2.05, 4.69) is 34.5 Å². The lowest BCUT2D eigenvalue weighted by Crippen LogP contribution is -2.03. The van der Waals surface area contributed by atoms with Crippen molar-refractivity contribution in [1.29, 1.82) is 0 Å². The Morgan fingerprint density at radius 3 is 1.80 bits per heavy atom. The fraction of sp³-hybridized carbons (Fsp3) is 0.0476. The van der Waals surface area contributed by atoms with Gasteiger partial charge in [0.05, 0.1) is 5.92 Å². The van der Waals surface area contributed by atoms with E-state index in [0.717, 1.165) is 16.7 Å². The van der Waals surface area contributed by atoms with Gasteiger partial charge in [-0.05, 0) is 35.4 Å². The zero-order chi connectivity index (χ0) is 17.1. The summed E-state index contributed by atoms with van der Waals surface area (Å²) in [6.07, 6.45) is 0. The van der Waals surface area contributed by atoms with E-state index in [1.54, 1.807) is 0 Å². The van der Waals surface area contributed by atoms with Crippen molar-refractivity contribution >= 4 is 11.6 Å². The minimum Gasteiger partial charge on any atom is -0.420 e. The van der Waals surface area contributed by atoms with E-state index >= 15 is 0 Å². The van der Waals surface area contributed by atoms with Gasteiger partial charge in [-0.3, -0.25) is 0 Å². The predicted molar refractivity (Wildman–Crippen MR) is 98.6 cm³/mol. The molecule has 4 heteroatoms. The first-order valence-corrected chi connectivity index (χ1v) is 8.38. The Labute approximate surface area is 150 Å². The van der Waals surface area contributed by atoms with Crippen molar-refractivity contribution in [3.63, 3.8) is 0 Å². The quantitative estimate of drug-likeness (QED) is 0.485. The third-order valence-corrected chi connectivity index (χ3v) is 4.30. The second-order valence-corrected chi connectivity index (χ2v) is 6.14. The maximum atomic E-state index is 6.02. The zero-order valence-corrected chi connectivity index (χ0v) is 14.1. The highest BCUT2D eigenvalue weighted by molar-refractivity contribution is 6.30. The standard InChI is InChI=1S/C21H15ClN2O/c22-18-13-11-17(12-14-18)20-23-24-21(25-20)19(15-7-3-1-4-8-15)16-9-5-2-6-10-16/h1-14,19H. The van der Waals surface area contributed by atoms with Gasteiger partial charge >= 0.3 is 0 Å². The van der Waals surface area contributed by atoms with Gasteiger partial charge in [-0.1, -0.05) is 72.3 Å². The summed E-state index contributed by atoms with van der Waals surface area (Å²) in [7, 11) is 0. The number of halogens is 1. The fourth-order valence-corrected chi connectivity index (χ4v) is 2.95. The lowest BCUT2D eigenvalue weighted by atomic mass is 9.91. The van der Waals surface area contributed by atoms with Gasteiger partial charge in [0.25, 0.3) is 0 Å². The second-order valence-electron chi connectivity index (χ2n) is 5.71. The van der Waals surface area contributed by atoms with Crippen LogP contribution in [0.3, 0.4) is 0 Å². The Hall–Kier alpha value is -2.91. The van der Waals surface area contributed by atoms with Crippen molar-refractivity contribution in [1.82, 2.24) is 10.2 Å². The number of benzene rings is 3. The maximum Gasteiger partial charge on any atom is 0.247 e. The molecule has 0 aliphatic carbocycles. The molecule has 0 spiro atoms. The molecule has 0 saturated carbocycles. The van der Waals surface area contributed by atoms with Crippen LogP contribution in [0.5, 0.6) is 0 Å². The maximum absolute atomic E-state index is 6.02. The summed E-state index contributed by atoms with van der Waals surface area (Å²) in [5, 5.41) is 9.22.